The summed E-state index contributed by atoms with van der Waals surface area (Å²) in [7, 11) is 0. The fraction of sp³-hybridized carbons (Fsp3) is 0.375. The smallest absolute Gasteiger partial charge is 0.268 e. The molecule has 2 N–H and O–H groups in total. The number of nitrogens with one attached hydrogen (secondary N) is 2. The Morgan fingerprint density at radius 1 is 1.38 bits per heavy atom. The lowest BCUT2D eigenvalue weighted by molar-refractivity contribution is 0.0944. The SMILES string of the molecule is Cc1n[nH]c(=O)c2c1C(=O)NCC2. The molecule has 0 unspecified atom stereocenters. The lowest BCUT2D eigenvalue weighted by atomic mass is 10.0. The predicted octanol–water partition coefficient (Wildman–Crippen LogP) is -0.636. The first-order valence-corrected chi connectivity index (χ1v) is 4.06. The second-order valence-corrected chi connectivity index (χ2v) is 3.00. The topological polar surface area (TPSA) is 74.8 Å². The summed E-state index contributed by atoms with van der Waals surface area (Å²) in [6.45, 7) is 2.23. The number of aromatic nitrogens is 2. The van der Waals surface area contributed by atoms with Crippen LogP contribution in [0.4, 0.5) is 0 Å². The van der Waals surface area contributed by atoms with Crippen LogP contribution in [0.25, 0.3) is 0 Å². The molecule has 0 saturated heterocycles. The maximum absolute atomic E-state index is 11.4. The number of hydrogen-bond donors (Lipinski definition) is 2. The highest BCUT2D eigenvalue weighted by Crippen LogP contribution is 2.10. The molecule has 0 spiro atoms. The van der Waals surface area contributed by atoms with Crippen molar-refractivity contribution in [3.05, 3.63) is 27.2 Å². The number of aromatic amines is 1. The van der Waals surface area contributed by atoms with Crippen molar-refractivity contribution in [3.8, 4) is 0 Å². The molecule has 1 aliphatic heterocycles. The highest BCUT2D eigenvalue weighted by Gasteiger charge is 2.21. The molecule has 0 radical (unpaired) electrons. The van der Waals surface area contributed by atoms with Crippen LogP contribution in [-0.2, 0) is 6.42 Å². The molecule has 1 amide bonds. The van der Waals surface area contributed by atoms with Gasteiger partial charge in [0, 0.05) is 12.1 Å². The number of carbonyl (C=O) groups excluding carboxylic acids is 1. The first kappa shape index (κ1) is 7.97. The number of H-pyrrole nitrogens is 1. The fourth-order valence-electron chi connectivity index (χ4n) is 1.52. The molecular formula is C8H9N3O2. The van der Waals surface area contributed by atoms with Crippen LogP contribution in [0, 0.1) is 6.92 Å². The molecule has 1 aliphatic rings. The Hall–Kier alpha value is -1.65. The average Bonchev–Trinajstić information content (AvgIpc) is 2.12. The molecule has 2 rings (SSSR count). The Morgan fingerprint density at radius 2 is 2.15 bits per heavy atom. The molecule has 68 valence electrons. The van der Waals surface area contributed by atoms with E-state index >= 15 is 0 Å². The number of rotatable bonds is 0. The highest BCUT2D eigenvalue weighted by molar-refractivity contribution is 5.97. The van der Waals surface area contributed by atoms with Crippen molar-refractivity contribution in [1.29, 1.82) is 0 Å². The fourth-order valence-corrected chi connectivity index (χ4v) is 1.52. The van der Waals surface area contributed by atoms with Gasteiger partial charge >= 0.3 is 0 Å². The molecule has 0 fully saturated rings. The normalized spacial score (nSPS) is 15.0. The Labute approximate surface area is 74.2 Å². The van der Waals surface area contributed by atoms with Crippen LogP contribution in [0.2, 0.25) is 0 Å². The molecule has 13 heavy (non-hydrogen) atoms. The summed E-state index contributed by atoms with van der Waals surface area (Å²) in [5, 5.41) is 8.78. The van der Waals surface area contributed by atoms with Gasteiger partial charge < -0.3 is 5.32 Å². The maximum Gasteiger partial charge on any atom is 0.268 e. The molecule has 0 bridgehead atoms. The van der Waals surface area contributed by atoms with Crippen molar-refractivity contribution < 1.29 is 4.79 Å². The zero-order valence-corrected chi connectivity index (χ0v) is 7.18. The van der Waals surface area contributed by atoms with Crippen molar-refractivity contribution in [2.24, 2.45) is 0 Å². The number of hydrogen-bond acceptors (Lipinski definition) is 3. The molecule has 1 aromatic rings. The molecule has 0 saturated carbocycles. The second kappa shape index (κ2) is 2.69. The molecule has 5 heteroatoms. The van der Waals surface area contributed by atoms with Gasteiger partial charge in [-0.25, -0.2) is 5.10 Å². The van der Waals surface area contributed by atoms with Crippen LogP contribution >= 0.6 is 0 Å². The van der Waals surface area contributed by atoms with E-state index in [-0.39, 0.29) is 11.5 Å². The van der Waals surface area contributed by atoms with Gasteiger partial charge in [-0.3, -0.25) is 9.59 Å². The van der Waals surface area contributed by atoms with Gasteiger partial charge in [0.2, 0.25) is 0 Å². The summed E-state index contributed by atoms with van der Waals surface area (Å²) in [5.74, 6) is -0.197. The first-order valence-electron chi connectivity index (χ1n) is 4.06. The molecule has 2 heterocycles. The van der Waals surface area contributed by atoms with Gasteiger partial charge in [-0.2, -0.15) is 5.10 Å². The van der Waals surface area contributed by atoms with Crippen LogP contribution in [0.3, 0.4) is 0 Å². The summed E-state index contributed by atoms with van der Waals surface area (Å²) in [5.41, 5.74) is 1.31. The van der Waals surface area contributed by atoms with E-state index in [4.69, 9.17) is 0 Å². The lowest BCUT2D eigenvalue weighted by Crippen LogP contribution is -2.37. The predicted molar refractivity (Wildman–Crippen MR) is 45.6 cm³/mol. The number of carbonyl (C=O) groups is 1. The summed E-state index contributed by atoms with van der Waals surface area (Å²) in [4.78, 5) is 22.6. The largest absolute Gasteiger partial charge is 0.352 e. The minimum atomic E-state index is -0.254. The van der Waals surface area contributed by atoms with E-state index in [9.17, 15) is 9.59 Å². The minimum absolute atomic E-state index is 0.197. The van der Waals surface area contributed by atoms with Crippen molar-refractivity contribution in [2.45, 2.75) is 13.3 Å². The van der Waals surface area contributed by atoms with Crippen LogP contribution in [-0.4, -0.2) is 22.6 Å². The number of fused-ring (bicyclic) bond motifs is 1. The van der Waals surface area contributed by atoms with Crippen LogP contribution < -0.4 is 10.9 Å². The summed E-state index contributed by atoms with van der Waals surface area (Å²) in [6.07, 6.45) is 0.583. The highest BCUT2D eigenvalue weighted by atomic mass is 16.2. The summed E-state index contributed by atoms with van der Waals surface area (Å²) < 4.78 is 0. The third-order valence-corrected chi connectivity index (χ3v) is 2.15. The van der Waals surface area contributed by atoms with E-state index in [2.05, 4.69) is 15.5 Å². The molecule has 5 nitrogen and oxygen atoms in total. The van der Waals surface area contributed by atoms with Gasteiger partial charge in [-0.15, -0.1) is 0 Å². The van der Waals surface area contributed by atoms with E-state index in [1.807, 2.05) is 0 Å². The van der Waals surface area contributed by atoms with Gasteiger partial charge in [0.15, 0.2) is 0 Å². The van der Waals surface area contributed by atoms with Crippen LogP contribution in [0.1, 0.15) is 21.6 Å². The van der Waals surface area contributed by atoms with Crippen molar-refractivity contribution >= 4 is 5.91 Å². The van der Waals surface area contributed by atoms with Gasteiger partial charge in [-0.05, 0) is 13.3 Å². The van der Waals surface area contributed by atoms with Crippen LogP contribution in [0.5, 0.6) is 0 Å². The Kier molecular flexibility index (Phi) is 1.65. The lowest BCUT2D eigenvalue weighted by Gasteiger charge is -2.15. The van der Waals surface area contributed by atoms with Gasteiger partial charge in [0.05, 0.1) is 11.3 Å². The third-order valence-electron chi connectivity index (χ3n) is 2.15. The average molecular weight is 179 g/mol. The molecular weight excluding hydrogens is 170 g/mol. The monoisotopic (exact) mass is 179 g/mol. The van der Waals surface area contributed by atoms with Gasteiger partial charge in [-0.1, -0.05) is 0 Å². The standard InChI is InChI=1S/C8H9N3O2/c1-4-6-5(7(12)11-10-4)2-3-9-8(6)13/h2-3H2,1H3,(H,9,13)(H,11,12). The van der Waals surface area contributed by atoms with Crippen molar-refractivity contribution in [2.75, 3.05) is 6.54 Å². The molecule has 0 aromatic carbocycles. The second-order valence-electron chi connectivity index (χ2n) is 3.00. The van der Waals surface area contributed by atoms with Crippen molar-refractivity contribution in [1.82, 2.24) is 15.5 Å². The van der Waals surface area contributed by atoms with Crippen LogP contribution in [0.15, 0.2) is 4.79 Å². The molecule has 1 aromatic heterocycles. The Morgan fingerprint density at radius 3 is 2.85 bits per heavy atom. The Balaban J connectivity index is 2.74. The minimum Gasteiger partial charge on any atom is -0.352 e. The molecule has 0 aliphatic carbocycles. The zero-order chi connectivity index (χ0) is 9.42. The van der Waals surface area contributed by atoms with E-state index in [1.54, 1.807) is 6.92 Å². The quantitative estimate of drug-likeness (QED) is 0.556. The Bertz CT molecular complexity index is 422. The van der Waals surface area contributed by atoms with E-state index in [1.165, 1.54) is 0 Å². The van der Waals surface area contributed by atoms with E-state index < -0.39 is 0 Å². The summed E-state index contributed by atoms with van der Waals surface area (Å²) >= 11 is 0. The summed E-state index contributed by atoms with van der Waals surface area (Å²) in [6, 6.07) is 0. The zero-order valence-electron chi connectivity index (χ0n) is 7.18. The molecule has 0 atom stereocenters. The van der Waals surface area contributed by atoms with E-state index in [0.717, 1.165) is 0 Å². The number of amides is 1. The number of nitrogens with zero attached hydrogens (tertiary/aromatic N) is 1. The van der Waals surface area contributed by atoms with Crippen molar-refractivity contribution in [3.63, 3.8) is 0 Å². The first-order chi connectivity index (χ1) is 6.20. The van der Waals surface area contributed by atoms with E-state index in [0.29, 0.717) is 29.8 Å². The maximum atomic E-state index is 11.4. The van der Waals surface area contributed by atoms with Gasteiger partial charge in [0.25, 0.3) is 11.5 Å². The number of aryl methyl sites for hydroxylation is 1. The van der Waals surface area contributed by atoms with Gasteiger partial charge in [0.1, 0.15) is 0 Å². The third kappa shape index (κ3) is 1.12.